The standard InChI is InChI=1S/C26H38N2O3/c1-6-7-8-9-16-28-23-18-21(27)13-14-22(23)24(25(30-5)26(28)29)31-17-15-20(4)12-10-11-19(2)3/h11,13-15,18H,6-10,12,16-17,27H2,1-5H3/b20-15+. The van der Waals surface area contributed by atoms with Crippen LogP contribution in [0.2, 0.25) is 0 Å². The molecular weight excluding hydrogens is 388 g/mol. The van der Waals surface area contributed by atoms with E-state index >= 15 is 0 Å². The van der Waals surface area contributed by atoms with Crippen molar-refractivity contribution in [2.75, 3.05) is 19.5 Å². The number of aromatic nitrogens is 1. The van der Waals surface area contributed by atoms with Crippen LogP contribution >= 0.6 is 0 Å². The number of benzene rings is 1. The maximum absolute atomic E-state index is 13.2. The van der Waals surface area contributed by atoms with E-state index in [9.17, 15) is 4.79 Å². The van der Waals surface area contributed by atoms with Crippen LogP contribution in [0.1, 0.15) is 66.2 Å². The number of nitrogen functional groups attached to an aromatic ring is 1. The van der Waals surface area contributed by atoms with Gasteiger partial charge in [0.05, 0.1) is 12.6 Å². The van der Waals surface area contributed by atoms with E-state index in [4.69, 9.17) is 15.2 Å². The van der Waals surface area contributed by atoms with Gasteiger partial charge in [-0.3, -0.25) is 4.79 Å². The molecule has 1 aromatic heterocycles. The Hall–Kier alpha value is -2.69. The second-order valence-electron chi connectivity index (χ2n) is 8.34. The highest BCUT2D eigenvalue weighted by Gasteiger charge is 2.19. The molecule has 2 aromatic rings. The van der Waals surface area contributed by atoms with Crippen LogP contribution in [0.15, 0.2) is 46.3 Å². The lowest BCUT2D eigenvalue weighted by molar-refractivity contribution is 0.324. The van der Waals surface area contributed by atoms with Gasteiger partial charge in [-0.15, -0.1) is 0 Å². The molecule has 170 valence electrons. The third-order valence-electron chi connectivity index (χ3n) is 5.39. The van der Waals surface area contributed by atoms with Gasteiger partial charge >= 0.3 is 0 Å². The molecular formula is C26H38N2O3. The number of nitrogens with zero attached hydrogens (tertiary/aromatic N) is 1. The van der Waals surface area contributed by atoms with Gasteiger partial charge < -0.3 is 19.8 Å². The quantitative estimate of drug-likeness (QED) is 0.248. The Morgan fingerprint density at radius 2 is 1.87 bits per heavy atom. The molecule has 0 saturated heterocycles. The molecule has 5 nitrogen and oxygen atoms in total. The molecule has 2 rings (SSSR count). The van der Waals surface area contributed by atoms with Gasteiger partial charge in [0.25, 0.3) is 5.56 Å². The third kappa shape index (κ3) is 6.91. The number of nitrogens with two attached hydrogens (primary N) is 1. The van der Waals surface area contributed by atoms with Crippen LogP contribution in [0.4, 0.5) is 5.69 Å². The molecule has 0 saturated carbocycles. The molecule has 0 aliphatic carbocycles. The Kier molecular flexibility index (Phi) is 9.70. The molecule has 2 N–H and O–H groups in total. The largest absolute Gasteiger partial charge is 0.488 e. The number of unbranched alkanes of at least 4 members (excludes halogenated alkanes) is 3. The van der Waals surface area contributed by atoms with Crippen molar-refractivity contribution in [2.45, 2.75) is 72.8 Å². The topological polar surface area (TPSA) is 66.5 Å². The maximum Gasteiger partial charge on any atom is 0.297 e. The number of ether oxygens (including phenoxy) is 2. The Morgan fingerprint density at radius 1 is 1.10 bits per heavy atom. The summed E-state index contributed by atoms with van der Waals surface area (Å²) in [4.78, 5) is 13.2. The number of methoxy groups -OCH3 is 1. The van der Waals surface area contributed by atoms with E-state index < -0.39 is 0 Å². The van der Waals surface area contributed by atoms with Gasteiger partial charge in [0.2, 0.25) is 5.75 Å². The number of hydrogen-bond acceptors (Lipinski definition) is 4. The Balaban J connectivity index is 2.34. The van der Waals surface area contributed by atoms with Crippen LogP contribution in [0.5, 0.6) is 11.5 Å². The van der Waals surface area contributed by atoms with Gasteiger partial charge in [0, 0.05) is 17.6 Å². The zero-order chi connectivity index (χ0) is 22.8. The summed E-state index contributed by atoms with van der Waals surface area (Å²) in [5, 5.41) is 0.844. The summed E-state index contributed by atoms with van der Waals surface area (Å²) in [6, 6.07) is 5.60. The molecule has 0 atom stereocenters. The van der Waals surface area contributed by atoms with Crippen LogP contribution in [0.25, 0.3) is 10.9 Å². The van der Waals surface area contributed by atoms with E-state index in [-0.39, 0.29) is 11.3 Å². The fourth-order valence-electron chi connectivity index (χ4n) is 3.62. The summed E-state index contributed by atoms with van der Waals surface area (Å²) in [5.41, 5.74) is 9.88. The average Bonchev–Trinajstić information content (AvgIpc) is 2.72. The molecule has 5 heteroatoms. The minimum absolute atomic E-state index is 0.170. The first-order chi connectivity index (χ1) is 14.9. The number of pyridine rings is 1. The van der Waals surface area contributed by atoms with Crippen molar-refractivity contribution in [3.8, 4) is 11.5 Å². The molecule has 0 aliphatic heterocycles. The molecule has 1 heterocycles. The second kappa shape index (κ2) is 12.2. The molecule has 0 aliphatic rings. The third-order valence-corrected chi connectivity index (χ3v) is 5.39. The van der Waals surface area contributed by atoms with E-state index in [1.165, 1.54) is 18.3 Å². The van der Waals surface area contributed by atoms with Crippen LogP contribution in [0.3, 0.4) is 0 Å². The summed E-state index contributed by atoms with van der Waals surface area (Å²) in [7, 11) is 1.52. The number of allylic oxidation sites excluding steroid dienone is 3. The van der Waals surface area contributed by atoms with Crippen molar-refractivity contribution in [1.29, 1.82) is 0 Å². The maximum atomic E-state index is 13.2. The summed E-state index contributed by atoms with van der Waals surface area (Å²) in [5.74, 6) is 0.740. The summed E-state index contributed by atoms with van der Waals surface area (Å²) in [6.07, 6.45) is 10.6. The first-order valence-corrected chi connectivity index (χ1v) is 11.3. The van der Waals surface area contributed by atoms with Gasteiger partial charge in [-0.2, -0.15) is 0 Å². The molecule has 0 amide bonds. The molecule has 1 aromatic carbocycles. The van der Waals surface area contributed by atoms with Gasteiger partial charge in [-0.25, -0.2) is 0 Å². The predicted molar refractivity (Wildman–Crippen MR) is 131 cm³/mol. The first-order valence-electron chi connectivity index (χ1n) is 11.3. The van der Waals surface area contributed by atoms with E-state index in [1.54, 1.807) is 4.57 Å². The Morgan fingerprint density at radius 3 is 2.55 bits per heavy atom. The summed E-state index contributed by atoms with van der Waals surface area (Å²) < 4.78 is 13.4. The monoisotopic (exact) mass is 426 g/mol. The van der Waals surface area contributed by atoms with Crippen molar-refractivity contribution in [3.63, 3.8) is 0 Å². The number of aryl methyl sites for hydroxylation is 1. The lowest BCUT2D eigenvalue weighted by atomic mass is 10.1. The lowest BCUT2D eigenvalue weighted by Crippen LogP contribution is -2.23. The zero-order valence-corrected chi connectivity index (χ0v) is 19.8. The Bertz CT molecular complexity index is 982. The van der Waals surface area contributed by atoms with Crippen molar-refractivity contribution in [1.82, 2.24) is 4.57 Å². The minimum atomic E-state index is -0.170. The predicted octanol–water partition coefficient (Wildman–Crippen LogP) is 6.24. The van der Waals surface area contributed by atoms with Crippen molar-refractivity contribution >= 4 is 16.6 Å². The van der Waals surface area contributed by atoms with Gasteiger partial charge in [0.15, 0.2) is 5.75 Å². The fourth-order valence-corrected chi connectivity index (χ4v) is 3.62. The average molecular weight is 427 g/mol. The molecule has 0 radical (unpaired) electrons. The number of fused-ring (bicyclic) bond motifs is 1. The summed E-state index contributed by atoms with van der Waals surface area (Å²) >= 11 is 0. The Labute approximate surface area is 186 Å². The lowest BCUT2D eigenvalue weighted by Gasteiger charge is -2.17. The van der Waals surface area contributed by atoms with Crippen molar-refractivity contribution in [2.24, 2.45) is 0 Å². The van der Waals surface area contributed by atoms with E-state index in [0.717, 1.165) is 49.4 Å². The first kappa shape index (κ1) is 24.6. The zero-order valence-electron chi connectivity index (χ0n) is 19.8. The van der Waals surface area contributed by atoms with Gasteiger partial charge in [-0.1, -0.05) is 43.4 Å². The molecule has 0 fully saturated rings. The number of rotatable bonds is 12. The van der Waals surface area contributed by atoms with Crippen LogP contribution in [-0.2, 0) is 6.54 Å². The summed E-state index contributed by atoms with van der Waals surface area (Å²) in [6.45, 7) is 9.52. The van der Waals surface area contributed by atoms with Crippen LogP contribution in [0, 0.1) is 0 Å². The molecule has 0 spiro atoms. The number of hydrogen-bond donors (Lipinski definition) is 1. The highest BCUT2D eigenvalue weighted by Crippen LogP contribution is 2.34. The van der Waals surface area contributed by atoms with Crippen molar-refractivity contribution in [3.05, 3.63) is 51.9 Å². The fraction of sp³-hybridized carbons (Fsp3) is 0.500. The van der Waals surface area contributed by atoms with E-state index in [0.29, 0.717) is 24.6 Å². The number of anilines is 1. The van der Waals surface area contributed by atoms with Gasteiger partial charge in [-0.05, 0) is 64.3 Å². The molecule has 31 heavy (non-hydrogen) atoms. The normalized spacial score (nSPS) is 11.6. The SMILES string of the molecule is CCCCCCn1c(=O)c(OC)c(OC/C=C(\C)CCC=C(C)C)c2ccc(N)cc21. The second-order valence-corrected chi connectivity index (χ2v) is 8.34. The smallest absolute Gasteiger partial charge is 0.297 e. The molecule has 0 unspecified atom stereocenters. The highest BCUT2D eigenvalue weighted by atomic mass is 16.5. The van der Waals surface area contributed by atoms with E-state index in [1.807, 2.05) is 18.2 Å². The van der Waals surface area contributed by atoms with Crippen molar-refractivity contribution < 1.29 is 9.47 Å². The molecule has 0 bridgehead atoms. The minimum Gasteiger partial charge on any atom is -0.488 e. The highest BCUT2D eigenvalue weighted by molar-refractivity contribution is 5.90. The van der Waals surface area contributed by atoms with E-state index in [2.05, 4.69) is 39.8 Å². The van der Waals surface area contributed by atoms with Crippen LogP contribution < -0.4 is 20.8 Å². The van der Waals surface area contributed by atoms with Crippen LogP contribution in [-0.4, -0.2) is 18.3 Å². The van der Waals surface area contributed by atoms with Gasteiger partial charge in [0.1, 0.15) is 6.61 Å².